The maximum atomic E-state index is 6.01. The Labute approximate surface area is 100 Å². The fourth-order valence-corrected chi connectivity index (χ4v) is 3.54. The van der Waals surface area contributed by atoms with Crippen LogP contribution in [0.5, 0.6) is 0 Å². The highest BCUT2D eigenvalue weighted by Gasteiger charge is 2.63. The third-order valence-corrected chi connectivity index (χ3v) is 5.65. The second-order valence-electron chi connectivity index (χ2n) is 7.03. The van der Waals surface area contributed by atoms with Crippen molar-refractivity contribution in [1.29, 1.82) is 0 Å². The number of hydrogen-bond acceptors (Lipinski definition) is 2. The normalized spacial score (nSPS) is 37.3. The number of nitrogens with one attached hydrogen (secondary N) is 1. The molecule has 94 valence electrons. The zero-order chi connectivity index (χ0) is 12.0. The highest BCUT2D eigenvalue weighted by molar-refractivity contribution is 5.13. The van der Waals surface area contributed by atoms with Crippen molar-refractivity contribution in [3.05, 3.63) is 0 Å². The first-order valence-electron chi connectivity index (χ1n) is 6.84. The van der Waals surface area contributed by atoms with Gasteiger partial charge in [-0.1, -0.05) is 34.1 Å². The van der Waals surface area contributed by atoms with Crippen molar-refractivity contribution in [1.82, 2.24) is 5.32 Å². The van der Waals surface area contributed by atoms with E-state index in [1.54, 1.807) is 0 Å². The molecule has 0 radical (unpaired) electrons. The summed E-state index contributed by atoms with van der Waals surface area (Å²) in [4.78, 5) is 0. The molecule has 0 heterocycles. The summed E-state index contributed by atoms with van der Waals surface area (Å²) in [6.07, 6.45) is 5.02. The summed E-state index contributed by atoms with van der Waals surface area (Å²) >= 11 is 0. The maximum absolute atomic E-state index is 6.01. The van der Waals surface area contributed by atoms with Gasteiger partial charge in [-0.3, -0.25) is 0 Å². The molecule has 0 amide bonds. The van der Waals surface area contributed by atoms with Crippen molar-refractivity contribution >= 4 is 0 Å². The molecule has 2 rings (SSSR count). The van der Waals surface area contributed by atoms with E-state index in [2.05, 4.69) is 33.0 Å². The van der Waals surface area contributed by atoms with Crippen LogP contribution in [0.25, 0.3) is 0 Å². The van der Waals surface area contributed by atoms with Crippen LogP contribution in [0.1, 0.15) is 53.4 Å². The second-order valence-corrected chi connectivity index (χ2v) is 7.03. The van der Waals surface area contributed by atoms with Crippen LogP contribution < -0.4 is 11.1 Å². The van der Waals surface area contributed by atoms with Crippen LogP contribution in [0.15, 0.2) is 0 Å². The summed E-state index contributed by atoms with van der Waals surface area (Å²) < 4.78 is 0. The molecule has 0 spiro atoms. The molecule has 0 bridgehead atoms. The Hall–Kier alpha value is -0.0800. The fourth-order valence-electron chi connectivity index (χ4n) is 3.54. The predicted molar refractivity (Wildman–Crippen MR) is 69.3 cm³/mol. The van der Waals surface area contributed by atoms with Gasteiger partial charge in [0.05, 0.1) is 0 Å². The van der Waals surface area contributed by atoms with Crippen LogP contribution in [0.4, 0.5) is 0 Å². The SMILES string of the molecule is CC1(C)C(CNC2CCCC(N)C2)C1(C)C. The van der Waals surface area contributed by atoms with E-state index in [-0.39, 0.29) is 0 Å². The molecule has 2 fully saturated rings. The minimum atomic E-state index is 0.437. The first kappa shape index (κ1) is 12.4. The Bertz CT molecular complexity index is 243. The topological polar surface area (TPSA) is 38.0 Å². The third kappa shape index (κ3) is 2.02. The van der Waals surface area contributed by atoms with Crippen molar-refractivity contribution in [2.45, 2.75) is 65.5 Å². The largest absolute Gasteiger partial charge is 0.328 e. The van der Waals surface area contributed by atoms with Crippen LogP contribution >= 0.6 is 0 Å². The standard InChI is InChI=1S/C14H28N2/c1-13(2)12(14(13,3)4)9-16-11-7-5-6-10(15)8-11/h10-12,16H,5-9,15H2,1-4H3. The van der Waals surface area contributed by atoms with Crippen LogP contribution in [0.3, 0.4) is 0 Å². The summed E-state index contributed by atoms with van der Waals surface area (Å²) in [5, 5.41) is 3.75. The van der Waals surface area contributed by atoms with Gasteiger partial charge in [-0.15, -0.1) is 0 Å². The molecule has 2 aliphatic rings. The Morgan fingerprint density at radius 1 is 1.12 bits per heavy atom. The minimum absolute atomic E-state index is 0.437. The van der Waals surface area contributed by atoms with Gasteiger partial charge in [0.1, 0.15) is 0 Å². The molecule has 2 aliphatic carbocycles. The summed E-state index contributed by atoms with van der Waals surface area (Å²) in [7, 11) is 0. The zero-order valence-corrected chi connectivity index (χ0v) is 11.3. The smallest absolute Gasteiger partial charge is 0.00819 e. The second kappa shape index (κ2) is 3.99. The predicted octanol–water partition coefficient (Wildman–Crippen LogP) is 2.53. The summed E-state index contributed by atoms with van der Waals surface area (Å²) in [5.41, 5.74) is 7.04. The van der Waals surface area contributed by atoms with E-state index >= 15 is 0 Å². The van der Waals surface area contributed by atoms with Crippen molar-refractivity contribution in [3.8, 4) is 0 Å². The first-order valence-corrected chi connectivity index (χ1v) is 6.84. The number of rotatable bonds is 3. The molecule has 0 aliphatic heterocycles. The van der Waals surface area contributed by atoms with E-state index < -0.39 is 0 Å². The monoisotopic (exact) mass is 224 g/mol. The molecule has 2 heteroatoms. The lowest BCUT2D eigenvalue weighted by atomic mass is 9.91. The Morgan fingerprint density at radius 3 is 2.25 bits per heavy atom. The molecule has 2 atom stereocenters. The van der Waals surface area contributed by atoms with Crippen LogP contribution in [0.2, 0.25) is 0 Å². The Morgan fingerprint density at radius 2 is 1.75 bits per heavy atom. The van der Waals surface area contributed by atoms with Gasteiger partial charge in [0.25, 0.3) is 0 Å². The molecule has 2 unspecified atom stereocenters. The van der Waals surface area contributed by atoms with E-state index in [4.69, 9.17) is 5.73 Å². The Balaban J connectivity index is 1.77. The average molecular weight is 224 g/mol. The first-order chi connectivity index (χ1) is 7.35. The van der Waals surface area contributed by atoms with E-state index in [1.165, 1.54) is 32.2 Å². The minimum Gasteiger partial charge on any atom is -0.328 e. The van der Waals surface area contributed by atoms with E-state index in [0.29, 0.717) is 22.9 Å². The summed E-state index contributed by atoms with van der Waals surface area (Å²) in [6.45, 7) is 10.8. The lowest BCUT2D eigenvalue weighted by Crippen LogP contribution is -2.40. The highest BCUT2D eigenvalue weighted by atomic mass is 15.0. The highest BCUT2D eigenvalue weighted by Crippen LogP contribution is 2.67. The molecule has 3 N–H and O–H groups in total. The van der Waals surface area contributed by atoms with E-state index in [1.807, 2.05) is 0 Å². The fraction of sp³-hybridized carbons (Fsp3) is 1.00. The van der Waals surface area contributed by atoms with Gasteiger partial charge < -0.3 is 11.1 Å². The lowest BCUT2D eigenvalue weighted by molar-refractivity contribution is 0.329. The lowest BCUT2D eigenvalue weighted by Gasteiger charge is -2.27. The van der Waals surface area contributed by atoms with Gasteiger partial charge >= 0.3 is 0 Å². The quantitative estimate of drug-likeness (QED) is 0.773. The third-order valence-electron chi connectivity index (χ3n) is 5.65. The molecular formula is C14H28N2. The zero-order valence-electron chi connectivity index (χ0n) is 11.3. The molecule has 2 saturated carbocycles. The summed E-state index contributed by atoms with van der Waals surface area (Å²) in [6, 6.07) is 1.11. The van der Waals surface area contributed by atoms with E-state index in [9.17, 15) is 0 Å². The Kier molecular flexibility index (Phi) is 3.09. The molecule has 0 aromatic heterocycles. The molecular weight excluding hydrogens is 196 g/mol. The van der Waals surface area contributed by atoms with Gasteiger partial charge in [0.2, 0.25) is 0 Å². The molecule has 0 aromatic rings. The van der Waals surface area contributed by atoms with Crippen molar-refractivity contribution in [3.63, 3.8) is 0 Å². The van der Waals surface area contributed by atoms with Crippen molar-refractivity contribution < 1.29 is 0 Å². The number of nitrogens with two attached hydrogens (primary N) is 1. The van der Waals surface area contributed by atoms with Gasteiger partial charge in [-0.25, -0.2) is 0 Å². The van der Waals surface area contributed by atoms with Crippen molar-refractivity contribution in [2.75, 3.05) is 6.54 Å². The van der Waals surface area contributed by atoms with Gasteiger partial charge in [0.15, 0.2) is 0 Å². The van der Waals surface area contributed by atoms with Crippen LogP contribution in [-0.4, -0.2) is 18.6 Å². The van der Waals surface area contributed by atoms with E-state index in [0.717, 1.165) is 5.92 Å². The van der Waals surface area contributed by atoms with Gasteiger partial charge in [-0.2, -0.15) is 0 Å². The van der Waals surface area contributed by atoms with Gasteiger partial charge in [0, 0.05) is 12.1 Å². The summed E-state index contributed by atoms with van der Waals surface area (Å²) in [5.74, 6) is 0.832. The molecule has 16 heavy (non-hydrogen) atoms. The van der Waals surface area contributed by atoms with Crippen LogP contribution in [0, 0.1) is 16.7 Å². The molecule has 0 saturated heterocycles. The maximum Gasteiger partial charge on any atom is 0.00819 e. The average Bonchev–Trinajstić information content (AvgIpc) is 2.55. The van der Waals surface area contributed by atoms with Crippen LogP contribution in [-0.2, 0) is 0 Å². The number of hydrogen-bond donors (Lipinski definition) is 2. The molecule has 2 nitrogen and oxygen atoms in total. The van der Waals surface area contributed by atoms with Crippen molar-refractivity contribution in [2.24, 2.45) is 22.5 Å². The van der Waals surface area contributed by atoms with Gasteiger partial charge in [-0.05, 0) is 42.6 Å². The molecule has 0 aromatic carbocycles.